The fourth-order valence-electron chi connectivity index (χ4n) is 0.205. The largest absolute Gasteiger partial charge is 0.0820 e. The molecule has 0 radical (unpaired) electrons. The van der Waals surface area contributed by atoms with E-state index in [0.29, 0.717) is 0 Å². The first-order valence-electron chi connectivity index (χ1n) is 2.99. The Bertz CT molecular complexity index is 42.2. The third kappa shape index (κ3) is 9.40. The Morgan fingerprint density at radius 2 is 1.67 bits per heavy atom. The molecule has 0 saturated carbocycles. The van der Waals surface area contributed by atoms with E-state index < -0.39 is 0 Å². The van der Waals surface area contributed by atoms with E-state index in [-0.39, 0.29) is 0 Å². The molecule has 9 heavy (non-hydrogen) atoms. The molecule has 56 valence electrons. The van der Waals surface area contributed by atoms with Gasteiger partial charge in [0.15, 0.2) is 0 Å². The molecule has 4 heteroatoms. The second kappa shape index (κ2) is 9.40. The molecule has 0 spiro atoms. The zero-order valence-corrected chi connectivity index (χ0v) is 9.02. The van der Waals surface area contributed by atoms with Crippen LogP contribution in [-0.2, 0) is 0 Å². The Hall–Kier alpha value is 1.40. The summed E-state index contributed by atoms with van der Waals surface area (Å²) in [7, 11) is 7.66. The third-order valence-corrected chi connectivity index (χ3v) is 7.27. The minimum Gasteiger partial charge on any atom is -0.0820 e. The number of hydrogen-bond acceptors (Lipinski definition) is 4. The maximum Gasteiger partial charge on any atom is 0.00427 e. The summed E-state index contributed by atoms with van der Waals surface area (Å²) in [6, 6.07) is 0. The lowest BCUT2D eigenvalue weighted by Gasteiger charge is -1.94. The van der Waals surface area contributed by atoms with Crippen molar-refractivity contribution < 1.29 is 0 Å². The summed E-state index contributed by atoms with van der Waals surface area (Å²) in [4.78, 5) is 0. The standard InChI is InChI=1S/C5H12S4/c1-3-5-7-9-8-6-4-2/h3-5H2,1-2H3. The molecule has 0 nitrogen and oxygen atoms in total. The van der Waals surface area contributed by atoms with E-state index in [4.69, 9.17) is 0 Å². The Kier molecular flexibility index (Phi) is 10.9. The van der Waals surface area contributed by atoms with Gasteiger partial charge in [0.25, 0.3) is 0 Å². The zero-order valence-electron chi connectivity index (χ0n) is 5.75. The summed E-state index contributed by atoms with van der Waals surface area (Å²) in [6.07, 6.45) is 1.29. The Balaban J connectivity index is 2.60. The minimum absolute atomic E-state index is 1.21. The molecule has 0 aromatic carbocycles. The molecule has 0 aliphatic heterocycles. The van der Waals surface area contributed by atoms with E-state index >= 15 is 0 Å². The first-order valence-corrected chi connectivity index (χ1v) is 8.15. The Morgan fingerprint density at radius 1 is 1.00 bits per heavy atom. The van der Waals surface area contributed by atoms with Crippen molar-refractivity contribution in [1.29, 1.82) is 0 Å². The molecular weight excluding hydrogens is 188 g/mol. The van der Waals surface area contributed by atoms with E-state index in [2.05, 4.69) is 13.8 Å². The second-order valence-electron chi connectivity index (χ2n) is 1.36. The first kappa shape index (κ1) is 10.4. The monoisotopic (exact) mass is 200 g/mol. The predicted molar refractivity (Wildman–Crippen MR) is 56.1 cm³/mol. The lowest BCUT2D eigenvalue weighted by molar-refractivity contribution is 1.11. The first-order chi connectivity index (χ1) is 4.41. The highest BCUT2D eigenvalue weighted by Gasteiger charge is 1.87. The predicted octanol–water partition coefficient (Wildman–Crippen LogP) is 4.09. The van der Waals surface area contributed by atoms with E-state index in [0.717, 1.165) is 0 Å². The van der Waals surface area contributed by atoms with Gasteiger partial charge in [-0.05, 0) is 26.1 Å². The van der Waals surface area contributed by atoms with Crippen LogP contribution in [0.4, 0.5) is 0 Å². The van der Waals surface area contributed by atoms with Crippen LogP contribution in [0.15, 0.2) is 0 Å². The summed E-state index contributed by atoms with van der Waals surface area (Å²) in [5.41, 5.74) is 0. The van der Waals surface area contributed by atoms with Gasteiger partial charge in [-0.1, -0.05) is 35.4 Å². The van der Waals surface area contributed by atoms with Gasteiger partial charge in [0.2, 0.25) is 0 Å². The highest BCUT2D eigenvalue weighted by Crippen LogP contribution is 2.42. The zero-order chi connectivity index (χ0) is 6.95. The van der Waals surface area contributed by atoms with Crippen LogP contribution >= 0.6 is 41.2 Å². The molecule has 0 unspecified atom stereocenters. The van der Waals surface area contributed by atoms with Crippen molar-refractivity contribution in [2.75, 3.05) is 11.5 Å². The van der Waals surface area contributed by atoms with Crippen LogP contribution in [0.1, 0.15) is 20.3 Å². The van der Waals surface area contributed by atoms with Gasteiger partial charge in [-0.25, -0.2) is 0 Å². The van der Waals surface area contributed by atoms with Gasteiger partial charge in [-0.15, -0.1) is 0 Å². The van der Waals surface area contributed by atoms with Crippen molar-refractivity contribution in [3.05, 3.63) is 0 Å². The Morgan fingerprint density at radius 3 is 2.22 bits per heavy atom. The lowest BCUT2D eigenvalue weighted by atomic mass is 10.6. The maximum absolute atomic E-state index is 2.21. The quantitative estimate of drug-likeness (QED) is 0.467. The molecule has 0 aliphatic rings. The molecule has 0 aliphatic carbocycles. The smallest absolute Gasteiger partial charge is 0.00427 e. The molecule has 0 amide bonds. The van der Waals surface area contributed by atoms with Crippen LogP contribution in [0.5, 0.6) is 0 Å². The molecule has 0 aromatic rings. The molecule has 0 fully saturated rings. The van der Waals surface area contributed by atoms with Gasteiger partial charge in [-0.2, -0.15) is 0 Å². The SMILES string of the molecule is CCCSSSSCC. The van der Waals surface area contributed by atoms with Gasteiger partial charge < -0.3 is 0 Å². The normalized spacial score (nSPS) is 10.0. The van der Waals surface area contributed by atoms with Crippen molar-refractivity contribution in [3.8, 4) is 0 Å². The molecule has 0 rings (SSSR count). The van der Waals surface area contributed by atoms with Crippen molar-refractivity contribution in [1.82, 2.24) is 0 Å². The van der Waals surface area contributed by atoms with Crippen LogP contribution in [0.25, 0.3) is 0 Å². The topological polar surface area (TPSA) is 0 Å². The van der Waals surface area contributed by atoms with Crippen LogP contribution in [0, 0.1) is 0 Å². The molecule has 0 N–H and O–H groups in total. The number of rotatable bonds is 6. The van der Waals surface area contributed by atoms with Crippen molar-refractivity contribution >= 4 is 41.2 Å². The van der Waals surface area contributed by atoms with Crippen LogP contribution in [-0.4, -0.2) is 11.5 Å². The minimum atomic E-state index is 1.21. The average Bonchev–Trinajstić information content (AvgIpc) is 1.89. The molecule has 0 bridgehead atoms. The average molecular weight is 200 g/mol. The fourth-order valence-corrected chi connectivity index (χ4v) is 6.15. The number of hydrogen-bond donors (Lipinski definition) is 0. The molecule has 0 aromatic heterocycles. The van der Waals surface area contributed by atoms with E-state index in [1.54, 1.807) is 0 Å². The van der Waals surface area contributed by atoms with Crippen LogP contribution < -0.4 is 0 Å². The van der Waals surface area contributed by atoms with Crippen molar-refractivity contribution in [2.24, 2.45) is 0 Å². The van der Waals surface area contributed by atoms with Gasteiger partial charge in [0.05, 0.1) is 0 Å². The highest BCUT2D eigenvalue weighted by molar-refractivity contribution is 9.26. The molecular formula is C5H12S4. The second-order valence-corrected chi connectivity index (χ2v) is 7.77. The fraction of sp³-hybridized carbons (Fsp3) is 1.00. The summed E-state index contributed by atoms with van der Waals surface area (Å²) < 4.78 is 0. The van der Waals surface area contributed by atoms with Crippen LogP contribution in [0.2, 0.25) is 0 Å². The van der Waals surface area contributed by atoms with E-state index in [1.807, 2.05) is 41.2 Å². The maximum atomic E-state index is 2.21. The molecule has 0 saturated heterocycles. The van der Waals surface area contributed by atoms with Gasteiger partial charge in [0.1, 0.15) is 0 Å². The lowest BCUT2D eigenvalue weighted by Crippen LogP contribution is -1.63. The van der Waals surface area contributed by atoms with E-state index in [1.165, 1.54) is 17.9 Å². The van der Waals surface area contributed by atoms with Crippen molar-refractivity contribution in [3.63, 3.8) is 0 Å². The molecule has 0 heterocycles. The third-order valence-electron chi connectivity index (χ3n) is 0.529. The van der Waals surface area contributed by atoms with Gasteiger partial charge in [-0.3, -0.25) is 0 Å². The van der Waals surface area contributed by atoms with Gasteiger partial charge in [0, 0.05) is 11.5 Å². The summed E-state index contributed by atoms with van der Waals surface area (Å²) in [5.74, 6) is 2.49. The highest BCUT2D eigenvalue weighted by atomic mass is 33.7. The summed E-state index contributed by atoms with van der Waals surface area (Å²) in [5, 5.41) is 0. The molecule has 0 atom stereocenters. The summed E-state index contributed by atoms with van der Waals surface area (Å²) in [6.45, 7) is 4.40. The summed E-state index contributed by atoms with van der Waals surface area (Å²) >= 11 is 0. The van der Waals surface area contributed by atoms with Crippen LogP contribution in [0.3, 0.4) is 0 Å². The van der Waals surface area contributed by atoms with Crippen molar-refractivity contribution in [2.45, 2.75) is 20.3 Å². The van der Waals surface area contributed by atoms with E-state index in [9.17, 15) is 0 Å². The Labute approximate surface area is 72.9 Å². The van der Waals surface area contributed by atoms with Gasteiger partial charge >= 0.3 is 0 Å².